The van der Waals surface area contributed by atoms with Crippen LogP contribution < -0.4 is 4.21 Å². The van der Waals surface area contributed by atoms with Crippen LogP contribution in [0.2, 0.25) is 9.36 Å². The molecule has 2 unspecified atom stereocenters. The number of rotatable bonds is 1. The van der Waals surface area contributed by atoms with E-state index in [4.69, 9.17) is 23.2 Å². The van der Waals surface area contributed by atoms with E-state index in [0.29, 0.717) is 32.4 Å². The van der Waals surface area contributed by atoms with Gasteiger partial charge in [0, 0.05) is 5.02 Å². The molecule has 2 heterocycles. The van der Waals surface area contributed by atoms with Crippen molar-refractivity contribution in [2.24, 2.45) is 0 Å². The summed E-state index contributed by atoms with van der Waals surface area (Å²) in [5, 5.41) is 33.4. The Hall–Kier alpha value is -0.310. The normalized spacial score (nSPS) is 29.2. The highest BCUT2D eigenvalue weighted by atomic mass is 35.5. The molecule has 0 radical (unpaired) electrons. The third kappa shape index (κ3) is 2.26. The van der Waals surface area contributed by atoms with E-state index in [1.54, 1.807) is 24.3 Å². The monoisotopic (exact) mass is 349 g/mol. The molecule has 0 fully saturated rings. The standard InChI is InChI=1S/C12H9Cl2NO3S2/c13-8-3-1-7(2-4-8)12(16)6-19-15(17,18)11-9(12)5-10(14)20-11/h1-5,16-17H,6H2. The topological polar surface area (TPSA) is 63.5 Å². The van der Waals surface area contributed by atoms with Crippen LogP contribution in [0.3, 0.4) is 0 Å². The Morgan fingerprint density at radius 3 is 2.55 bits per heavy atom. The van der Waals surface area contributed by atoms with Crippen LogP contribution in [0.15, 0.2) is 30.3 Å². The summed E-state index contributed by atoms with van der Waals surface area (Å²) in [6.07, 6.45) is 0. The van der Waals surface area contributed by atoms with Gasteiger partial charge in [-0.05, 0) is 23.8 Å². The minimum Gasteiger partial charge on any atom is -0.580 e. The molecule has 8 heteroatoms. The van der Waals surface area contributed by atoms with Gasteiger partial charge in [0.15, 0.2) is 0 Å². The second-order valence-corrected chi connectivity index (χ2v) is 7.57. The van der Waals surface area contributed by atoms with Crippen LogP contribution in [0, 0.1) is 5.21 Å². The Labute approximate surface area is 133 Å². The van der Waals surface area contributed by atoms with E-state index in [2.05, 4.69) is 0 Å². The maximum Gasteiger partial charge on any atom is 0.241 e. The zero-order chi connectivity index (χ0) is 14.5. The number of benzene rings is 1. The summed E-state index contributed by atoms with van der Waals surface area (Å²) >= 11 is 13.4. The van der Waals surface area contributed by atoms with Crippen molar-refractivity contribution in [3.05, 3.63) is 56.0 Å². The molecule has 3 rings (SSSR count). The summed E-state index contributed by atoms with van der Waals surface area (Å²) in [5.41, 5.74) is -0.431. The van der Waals surface area contributed by atoms with Crippen molar-refractivity contribution in [1.29, 1.82) is 0 Å². The number of fused-ring (bicyclic) bond motifs is 1. The van der Waals surface area contributed by atoms with Gasteiger partial charge in [-0.15, -0.1) is 4.21 Å². The van der Waals surface area contributed by atoms with E-state index in [9.17, 15) is 15.5 Å². The SMILES string of the molecule is [O-][N+]1(O)SCC(O)(c2ccc(Cl)cc2)c2cc(Cl)sc21. The quantitative estimate of drug-likeness (QED) is 0.461. The molecule has 20 heavy (non-hydrogen) atoms. The average molecular weight is 350 g/mol. The molecule has 2 N–H and O–H groups in total. The molecule has 0 saturated heterocycles. The van der Waals surface area contributed by atoms with Gasteiger partial charge in [0.05, 0.1) is 15.7 Å². The van der Waals surface area contributed by atoms with Crippen molar-refractivity contribution in [2.45, 2.75) is 5.60 Å². The number of halogens is 2. The Balaban J connectivity index is 2.17. The highest BCUT2D eigenvalue weighted by Crippen LogP contribution is 2.53. The second-order valence-electron chi connectivity index (χ2n) is 4.43. The van der Waals surface area contributed by atoms with Crippen molar-refractivity contribution >= 4 is 51.5 Å². The van der Waals surface area contributed by atoms with Gasteiger partial charge in [0.1, 0.15) is 17.5 Å². The van der Waals surface area contributed by atoms with Crippen LogP contribution in [0.1, 0.15) is 11.1 Å². The zero-order valence-electron chi connectivity index (χ0n) is 9.92. The van der Waals surface area contributed by atoms with Gasteiger partial charge >= 0.3 is 0 Å². The molecule has 1 aromatic carbocycles. The van der Waals surface area contributed by atoms with Crippen LogP contribution in [0.25, 0.3) is 0 Å². The first-order valence-corrected chi connectivity index (χ1v) is 8.10. The van der Waals surface area contributed by atoms with Crippen LogP contribution >= 0.6 is 46.5 Å². The van der Waals surface area contributed by atoms with Crippen LogP contribution in [-0.2, 0) is 5.60 Å². The number of nitrogens with zero attached hydrogens (tertiary/aromatic N) is 1. The molecule has 1 aliphatic rings. The van der Waals surface area contributed by atoms with Crippen molar-refractivity contribution in [1.82, 2.24) is 4.21 Å². The fourth-order valence-electron chi connectivity index (χ4n) is 2.14. The molecule has 0 bridgehead atoms. The van der Waals surface area contributed by atoms with E-state index >= 15 is 0 Å². The molecule has 4 nitrogen and oxygen atoms in total. The molecular formula is C12H9Cl2NO3S2. The van der Waals surface area contributed by atoms with Gasteiger partial charge < -0.3 is 10.3 Å². The minimum absolute atomic E-state index is 0.0225. The van der Waals surface area contributed by atoms with E-state index in [0.717, 1.165) is 11.3 Å². The fourth-order valence-corrected chi connectivity index (χ4v) is 4.58. The molecule has 106 valence electrons. The third-order valence-corrected chi connectivity index (χ3v) is 5.92. The lowest BCUT2D eigenvalue weighted by Crippen LogP contribution is -2.43. The van der Waals surface area contributed by atoms with Crippen LogP contribution in [0.5, 0.6) is 0 Å². The Morgan fingerprint density at radius 1 is 1.25 bits per heavy atom. The largest absolute Gasteiger partial charge is 0.580 e. The Bertz CT molecular complexity index is 659. The van der Waals surface area contributed by atoms with Gasteiger partial charge in [0.25, 0.3) is 0 Å². The third-order valence-electron chi connectivity index (χ3n) is 3.15. The average Bonchev–Trinajstić information content (AvgIpc) is 2.80. The van der Waals surface area contributed by atoms with E-state index in [1.807, 2.05) is 0 Å². The molecule has 0 spiro atoms. The predicted octanol–water partition coefficient (Wildman–Crippen LogP) is 4.15. The van der Waals surface area contributed by atoms with Crippen molar-refractivity contribution < 1.29 is 10.3 Å². The molecule has 1 aromatic heterocycles. The lowest BCUT2D eigenvalue weighted by atomic mass is 9.89. The summed E-state index contributed by atoms with van der Waals surface area (Å²) in [7, 11) is 0. The Kier molecular flexibility index (Phi) is 3.55. The minimum atomic E-state index is -1.58. The van der Waals surface area contributed by atoms with E-state index in [1.165, 1.54) is 6.07 Å². The summed E-state index contributed by atoms with van der Waals surface area (Å²) < 4.78 is -1.24. The molecular weight excluding hydrogens is 341 g/mol. The highest BCUT2D eigenvalue weighted by Gasteiger charge is 2.48. The number of aliphatic hydroxyl groups is 1. The second kappa shape index (κ2) is 4.86. The van der Waals surface area contributed by atoms with Gasteiger partial charge in [-0.1, -0.05) is 46.7 Å². The number of hydrogen-bond donors (Lipinski definition) is 2. The number of quaternary nitrogens is 1. The summed E-state index contributed by atoms with van der Waals surface area (Å²) in [6.45, 7) is 0. The van der Waals surface area contributed by atoms with Crippen LogP contribution in [0.4, 0.5) is 5.00 Å². The summed E-state index contributed by atoms with van der Waals surface area (Å²) in [5.74, 6) is 0.0225. The maximum absolute atomic E-state index is 12.0. The maximum atomic E-state index is 12.0. The first-order valence-electron chi connectivity index (χ1n) is 5.59. The summed E-state index contributed by atoms with van der Waals surface area (Å²) in [6, 6.07) is 8.25. The lowest BCUT2D eigenvalue weighted by molar-refractivity contribution is 0.0521. The van der Waals surface area contributed by atoms with Crippen LogP contribution in [-0.4, -0.2) is 16.1 Å². The van der Waals surface area contributed by atoms with Crippen molar-refractivity contribution in [3.63, 3.8) is 0 Å². The smallest absolute Gasteiger partial charge is 0.241 e. The van der Waals surface area contributed by atoms with Gasteiger partial charge in [-0.25, -0.2) is 0 Å². The number of hydrogen-bond acceptors (Lipinski definition) is 5. The van der Waals surface area contributed by atoms with Crippen molar-refractivity contribution in [3.8, 4) is 0 Å². The summed E-state index contributed by atoms with van der Waals surface area (Å²) in [4.78, 5) is 0. The van der Waals surface area contributed by atoms with E-state index < -0.39 is 9.82 Å². The first-order chi connectivity index (χ1) is 9.33. The van der Waals surface area contributed by atoms with E-state index in [-0.39, 0.29) is 10.8 Å². The molecule has 0 amide bonds. The molecule has 0 saturated carbocycles. The van der Waals surface area contributed by atoms with Gasteiger partial charge in [-0.2, -0.15) is 5.21 Å². The highest BCUT2D eigenvalue weighted by molar-refractivity contribution is 7.99. The molecule has 2 atom stereocenters. The lowest BCUT2D eigenvalue weighted by Gasteiger charge is -2.39. The van der Waals surface area contributed by atoms with Crippen molar-refractivity contribution in [2.75, 3.05) is 5.75 Å². The molecule has 0 aliphatic carbocycles. The predicted molar refractivity (Wildman–Crippen MR) is 83.2 cm³/mol. The first kappa shape index (κ1) is 14.6. The molecule has 2 aromatic rings. The zero-order valence-corrected chi connectivity index (χ0v) is 13.1. The van der Waals surface area contributed by atoms with Gasteiger partial charge in [0.2, 0.25) is 5.00 Å². The van der Waals surface area contributed by atoms with Gasteiger partial charge in [-0.3, -0.25) is 0 Å². The molecule has 1 aliphatic heterocycles. The fraction of sp³-hybridized carbons (Fsp3) is 0.167. The Morgan fingerprint density at radius 2 is 1.90 bits per heavy atom. The number of thiophene rings is 1.